The molecule has 4 aromatic rings. The average molecular weight is 629 g/mol. The van der Waals surface area contributed by atoms with Gasteiger partial charge in [-0.15, -0.1) is 0 Å². The molecule has 0 aromatic heterocycles. The minimum Gasteiger partial charge on any atom is -0.478 e. The smallest absolute Gasteiger partial charge is 0.328 e. The Bertz CT molecular complexity index is 1730. The minimum atomic E-state index is -3.85. The van der Waals surface area contributed by atoms with E-state index in [0.29, 0.717) is 34.4 Å². The molecule has 0 aliphatic heterocycles. The third kappa shape index (κ3) is 9.39. The molecule has 13 heteroatoms. The molecule has 0 aliphatic rings. The van der Waals surface area contributed by atoms with Gasteiger partial charge in [0.05, 0.1) is 9.79 Å². The number of aliphatic carboxylic acids is 2. The SMILES string of the molecule is O=C(O)/C=C\C(=O)Nc1ccc(Oc2ccc(S(=O)(=O)c3ccc(Oc4ccc(NC(=O)/C=C\C(=O)O)cc4)cc3)cc2)cc1. The molecule has 0 saturated carbocycles. The van der Waals surface area contributed by atoms with E-state index in [-0.39, 0.29) is 9.79 Å². The van der Waals surface area contributed by atoms with Crippen LogP contribution in [0.25, 0.3) is 0 Å². The summed E-state index contributed by atoms with van der Waals surface area (Å²) >= 11 is 0. The first-order valence-electron chi connectivity index (χ1n) is 12.9. The molecule has 0 bridgehead atoms. The van der Waals surface area contributed by atoms with Crippen molar-refractivity contribution in [1.29, 1.82) is 0 Å². The van der Waals surface area contributed by atoms with Gasteiger partial charge in [-0.3, -0.25) is 9.59 Å². The van der Waals surface area contributed by atoms with Gasteiger partial charge in [-0.2, -0.15) is 0 Å². The van der Waals surface area contributed by atoms with E-state index in [1.54, 1.807) is 48.5 Å². The van der Waals surface area contributed by atoms with Crippen LogP contribution >= 0.6 is 0 Å². The number of hydrogen-bond donors (Lipinski definition) is 4. The molecule has 4 rings (SSSR count). The molecule has 0 fully saturated rings. The summed E-state index contributed by atoms with van der Waals surface area (Å²) in [5.41, 5.74) is 0.848. The van der Waals surface area contributed by atoms with E-state index in [2.05, 4.69) is 10.6 Å². The molecule has 4 aromatic carbocycles. The molecule has 0 radical (unpaired) electrons. The van der Waals surface area contributed by atoms with Crippen LogP contribution in [0.1, 0.15) is 0 Å². The first-order valence-corrected chi connectivity index (χ1v) is 14.4. The van der Waals surface area contributed by atoms with Gasteiger partial charge in [-0.1, -0.05) is 0 Å². The maximum Gasteiger partial charge on any atom is 0.328 e. The van der Waals surface area contributed by atoms with Crippen molar-refractivity contribution in [3.05, 3.63) is 121 Å². The minimum absolute atomic E-state index is 0.0480. The van der Waals surface area contributed by atoms with Gasteiger partial charge < -0.3 is 30.3 Å². The third-order valence-corrected chi connectivity index (χ3v) is 7.52. The van der Waals surface area contributed by atoms with Crippen molar-refractivity contribution in [3.8, 4) is 23.0 Å². The Morgan fingerprint density at radius 2 is 0.778 bits per heavy atom. The number of anilines is 2. The summed E-state index contributed by atoms with van der Waals surface area (Å²) in [6, 6.07) is 24.3. The topological polar surface area (TPSA) is 185 Å². The molecule has 0 aliphatic carbocycles. The van der Waals surface area contributed by atoms with E-state index < -0.39 is 33.6 Å². The van der Waals surface area contributed by atoms with Gasteiger partial charge in [0.2, 0.25) is 21.7 Å². The fourth-order valence-corrected chi connectivity index (χ4v) is 4.92. The van der Waals surface area contributed by atoms with Gasteiger partial charge in [-0.25, -0.2) is 18.0 Å². The fourth-order valence-electron chi connectivity index (χ4n) is 3.66. The number of sulfone groups is 1. The third-order valence-electron chi connectivity index (χ3n) is 5.74. The van der Waals surface area contributed by atoms with Gasteiger partial charge in [0.25, 0.3) is 0 Å². The lowest BCUT2D eigenvalue weighted by Gasteiger charge is -2.10. The van der Waals surface area contributed by atoms with Crippen molar-refractivity contribution < 1.29 is 47.3 Å². The first kappa shape index (κ1) is 31.7. The molecule has 228 valence electrons. The van der Waals surface area contributed by atoms with E-state index >= 15 is 0 Å². The van der Waals surface area contributed by atoms with Gasteiger partial charge in [0.1, 0.15) is 23.0 Å². The first-order chi connectivity index (χ1) is 21.5. The second kappa shape index (κ2) is 14.3. The molecule has 0 saturated heterocycles. The van der Waals surface area contributed by atoms with Crippen LogP contribution in [0.15, 0.2) is 131 Å². The summed E-state index contributed by atoms with van der Waals surface area (Å²) in [5.74, 6) is -2.08. The molecule has 12 nitrogen and oxygen atoms in total. The molecule has 45 heavy (non-hydrogen) atoms. The van der Waals surface area contributed by atoms with Gasteiger partial charge in [-0.05, 0) is 97.1 Å². The Labute approximate surface area is 256 Å². The van der Waals surface area contributed by atoms with Crippen LogP contribution in [-0.2, 0) is 29.0 Å². The molecular formula is C32H24N2O10S. The lowest BCUT2D eigenvalue weighted by molar-refractivity contribution is -0.132. The fraction of sp³-hybridized carbons (Fsp3) is 0. The number of rotatable bonds is 12. The highest BCUT2D eigenvalue weighted by Crippen LogP contribution is 2.29. The van der Waals surface area contributed by atoms with Gasteiger partial charge >= 0.3 is 11.9 Å². The largest absolute Gasteiger partial charge is 0.478 e. The van der Waals surface area contributed by atoms with Crippen LogP contribution in [0.5, 0.6) is 23.0 Å². The predicted molar refractivity (Wildman–Crippen MR) is 162 cm³/mol. The maximum absolute atomic E-state index is 13.2. The lowest BCUT2D eigenvalue weighted by Crippen LogP contribution is -2.08. The van der Waals surface area contributed by atoms with Crippen molar-refractivity contribution in [2.75, 3.05) is 10.6 Å². The van der Waals surface area contributed by atoms with Crippen LogP contribution in [-0.4, -0.2) is 42.4 Å². The Kier molecular flexibility index (Phi) is 10.1. The molecule has 0 spiro atoms. The zero-order valence-electron chi connectivity index (χ0n) is 23.1. The van der Waals surface area contributed by atoms with E-state index in [1.165, 1.54) is 48.5 Å². The van der Waals surface area contributed by atoms with Crippen molar-refractivity contribution in [1.82, 2.24) is 0 Å². The normalized spacial score (nSPS) is 11.2. The number of ether oxygens (including phenoxy) is 2. The van der Waals surface area contributed by atoms with Crippen molar-refractivity contribution in [2.45, 2.75) is 9.79 Å². The van der Waals surface area contributed by atoms with Crippen molar-refractivity contribution in [3.63, 3.8) is 0 Å². The summed E-state index contributed by atoms with van der Waals surface area (Å²) in [6.07, 6.45) is 3.24. The van der Waals surface area contributed by atoms with E-state index in [0.717, 1.165) is 24.3 Å². The molecule has 0 unspecified atom stereocenters. The van der Waals surface area contributed by atoms with Crippen LogP contribution in [0.3, 0.4) is 0 Å². The van der Waals surface area contributed by atoms with Crippen molar-refractivity contribution in [2.24, 2.45) is 0 Å². The highest BCUT2D eigenvalue weighted by molar-refractivity contribution is 7.91. The second-order valence-corrected chi connectivity index (χ2v) is 11.0. The van der Waals surface area contributed by atoms with Gasteiger partial charge in [0.15, 0.2) is 0 Å². The van der Waals surface area contributed by atoms with Crippen LogP contribution < -0.4 is 20.1 Å². The molecular weight excluding hydrogens is 604 g/mol. The quantitative estimate of drug-likeness (QED) is 0.151. The van der Waals surface area contributed by atoms with Crippen LogP contribution in [0.4, 0.5) is 11.4 Å². The zero-order valence-corrected chi connectivity index (χ0v) is 23.9. The molecule has 2 amide bonds. The maximum atomic E-state index is 13.2. The van der Waals surface area contributed by atoms with E-state index in [4.69, 9.17) is 19.7 Å². The monoisotopic (exact) mass is 628 g/mol. The summed E-state index contributed by atoms with van der Waals surface area (Å²) in [4.78, 5) is 44.5. The Hall–Kier alpha value is -6.21. The number of nitrogens with one attached hydrogen (secondary N) is 2. The number of amides is 2. The summed E-state index contributed by atoms with van der Waals surface area (Å²) in [7, 11) is -3.85. The Morgan fingerprint density at radius 1 is 0.489 bits per heavy atom. The predicted octanol–water partition coefficient (Wildman–Crippen LogP) is 5.26. The van der Waals surface area contributed by atoms with E-state index in [1.807, 2.05) is 0 Å². The number of carbonyl (C=O) groups is 4. The zero-order chi connectivity index (χ0) is 32.4. The van der Waals surface area contributed by atoms with Crippen LogP contribution in [0, 0.1) is 0 Å². The second-order valence-electron chi connectivity index (χ2n) is 9.02. The molecule has 0 atom stereocenters. The highest BCUT2D eigenvalue weighted by Gasteiger charge is 2.18. The number of carbonyl (C=O) groups excluding carboxylic acids is 2. The number of carboxylic acids is 2. The molecule has 0 heterocycles. The summed E-state index contributed by atoms with van der Waals surface area (Å²) in [6.45, 7) is 0. The van der Waals surface area contributed by atoms with E-state index in [9.17, 15) is 27.6 Å². The van der Waals surface area contributed by atoms with Crippen molar-refractivity contribution >= 4 is 45.0 Å². The Balaban J connectivity index is 1.34. The standard InChI is InChI=1S/C32H24N2O10S/c35-29(17-19-31(37)38)33-21-1-5-23(6-2-21)43-25-9-13-27(14-10-25)45(41,42)28-15-11-26(12-16-28)44-24-7-3-22(4-8-24)34-30(36)18-20-32(39)40/h1-20H,(H,33,35)(H,34,36)(H,37,38)(H,39,40)/b19-17-,20-18-. The summed E-state index contributed by atoms with van der Waals surface area (Å²) < 4.78 is 37.8. The highest BCUT2D eigenvalue weighted by atomic mass is 32.2. The number of carboxylic acid groups (broad SMARTS) is 2. The lowest BCUT2D eigenvalue weighted by atomic mass is 10.3. The average Bonchev–Trinajstić information content (AvgIpc) is 3.01. The number of hydrogen-bond acceptors (Lipinski definition) is 8. The van der Waals surface area contributed by atoms with Gasteiger partial charge in [0, 0.05) is 35.7 Å². The van der Waals surface area contributed by atoms with Crippen LogP contribution in [0.2, 0.25) is 0 Å². The summed E-state index contributed by atoms with van der Waals surface area (Å²) in [5, 5.41) is 22.2. The number of benzene rings is 4. The molecule has 4 N–H and O–H groups in total. The Morgan fingerprint density at radius 3 is 1.07 bits per heavy atom.